The van der Waals surface area contributed by atoms with E-state index < -0.39 is 0 Å². The molecule has 0 aliphatic heterocycles. The molecule has 5 rings (SSSR count). The number of nitrogens with zero attached hydrogens (tertiary/aromatic N) is 3. The molecule has 3 heteroatoms. The Morgan fingerprint density at radius 3 is 0.946 bits per heavy atom. The van der Waals surface area contributed by atoms with Crippen LogP contribution in [0.4, 0.5) is 34.4 Å². The number of rotatable bonds is 6. The van der Waals surface area contributed by atoms with E-state index in [1.165, 1.54) is 22.3 Å². The van der Waals surface area contributed by atoms with Crippen molar-refractivity contribution >= 4 is 34.4 Å². The number of hydrogen-bond donors (Lipinski definition) is 0. The van der Waals surface area contributed by atoms with Crippen molar-refractivity contribution in [3.63, 3.8) is 0 Å². The maximum absolute atomic E-state index is 5.31. The van der Waals surface area contributed by atoms with E-state index >= 15 is 0 Å². The second kappa shape index (κ2) is 10.3. The normalized spacial score (nSPS) is 10.8. The number of pyridine rings is 1. The van der Waals surface area contributed by atoms with E-state index in [9.17, 15) is 0 Å². The van der Waals surface area contributed by atoms with Gasteiger partial charge in [0.05, 0.1) is 0 Å². The molecule has 0 unspecified atom stereocenters. The molecule has 5 aromatic rings. The van der Waals surface area contributed by atoms with Crippen LogP contribution in [-0.4, -0.2) is 4.98 Å². The first-order valence-corrected chi connectivity index (χ1v) is 12.7. The zero-order chi connectivity index (χ0) is 25.9. The highest BCUT2D eigenvalue weighted by Gasteiger charge is 2.20. The lowest BCUT2D eigenvalue weighted by atomic mass is 10.1. The van der Waals surface area contributed by atoms with Gasteiger partial charge in [-0.2, -0.15) is 0 Å². The maximum atomic E-state index is 5.31. The average Bonchev–Trinajstić information content (AvgIpc) is 2.84. The summed E-state index contributed by atoms with van der Waals surface area (Å²) < 4.78 is 0. The molecule has 0 radical (unpaired) electrons. The smallest absolute Gasteiger partial charge is 0.140 e. The first kappa shape index (κ1) is 24.3. The molecule has 0 atom stereocenters. The predicted octanol–water partition coefficient (Wildman–Crippen LogP) is 9.56. The molecule has 4 aromatic carbocycles. The molecule has 3 nitrogen and oxygen atoms in total. The molecule has 0 saturated heterocycles. The van der Waals surface area contributed by atoms with Crippen LogP contribution < -0.4 is 9.80 Å². The van der Waals surface area contributed by atoms with E-state index in [0.717, 1.165) is 39.9 Å². The zero-order valence-corrected chi connectivity index (χ0v) is 22.2. The minimum atomic E-state index is 0.886. The van der Waals surface area contributed by atoms with Crippen molar-refractivity contribution in [3.8, 4) is 0 Å². The van der Waals surface area contributed by atoms with Crippen LogP contribution in [0.5, 0.6) is 0 Å². The molecule has 0 saturated carbocycles. The Labute approximate surface area is 220 Å². The van der Waals surface area contributed by atoms with Gasteiger partial charge in [-0.1, -0.05) is 48.5 Å². The summed E-state index contributed by atoms with van der Waals surface area (Å²) in [7, 11) is 0. The van der Waals surface area contributed by atoms with Crippen LogP contribution in [0.2, 0.25) is 0 Å². The van der Waals surface area contributed by atoms with Crippen molar-refractivity contribution in [1.82, 2.24) is 4.98 Å². The van der Waals surface area contributed by atoms with Gasteiger partial charge in [-0.05, 0) is 123 Å². The fourth-order valence-electron chi connectivity index (χ4n) is 4.76. The van der Waals surface area contributed by atoms with Gasteiger partial charge in [0.25, 0.3) is 0 Å². The highest BCUT2D eigenvalue weighted by atomic mass is 15.3. The summed E-state index contributed by atoms with van der Waals surface area (Å²) in [5.41, 5.74) is 10.4. The van der Waals surface area contributed by atoms with Gasteiger partial charge in [0, 0.05) is 22.7 Å². The number of aryl methyl sites for hydroxylation is 5. The van der Waals surface area contributed by atoms with Crippen molar-refractivity contribution < 1.29 is 0 Å². The lowest BCUT2D eigenvalue weighted by molar-refractivity contribution is 1.11. The predicted molar refractivity (Wildman–Crippen MR) is 157 cm³/mol. The van der Waals surface area contributed by atoms with E-state index in [2.05, 4.69) is 154 Å². The standard InChI is InChI=1S/C34H33N3/c1-24-10-6-14-29(18-24)36(30-15-7-11-25(2)19-30)33-22-28(5)23-34(35-33)37(31-16-8-12-26(3)20-31)32-17-9-13-27(4)21-32/h6-23H,1-5H3. The summed E-state index contributed by atoms with van der Waals surface area (Å²) in [5.74, 6) is 1.77. The Morgan fingerprint density at radius 2 is 0.676 bits per heavy atom. The van der Waals surface area contributed by atoms with Gasteiger partial charge in [0.15, 0.2) is 0 Å². The highest BCUT2D eigenvalue weighted by Crippen LogP contribution is 2.39. The van der Waals surface area contributed by atoms with E-state index in [-0.39, 0.29) is 0 Å². The molecular weight excluding hydrogens is 450 g/mol. The average molecular weight is 484 g/mol. The summed E-state index contributed by atoms with van der Waals surface area (Å²) >= 11 is 0. The molecule has 0 aliphatic rings. The highest BCUT2D eigenvalue weighted by molar-refractivity contribution is 5.80. The molecule has 0 fully saturated rings. The quantitative estimate of drug-likeness (QED) is 0.240. The summed E-state index contributed by atoms with van der Waals surface area (Å²) in [6.07, 6.45) is 0. The lowest BCUT2D eigenvalue weighted by Crippen LogP contribution is -2.16. The Bertz CT molecular complexity index is 1350. The van der Waals surface area contributed by atoms with Gasteiger partial charge in [0.1, 0.15) is 11.6 Å². The third-order valence-electron chi connectivity index (χ3n) is 6.44. The van der Waals surface area contributed by atoms with E-state index in [0.29, 0.717) is 0 Å². The van der Waals surface area contributed by atoms with E-state index in [4.69, 9.17) is 4.98 Å². The zero-order valence-electron chi connectivity index (χ0n) is 22.2. The van der Waals surface area contributed by atoms with Gasteiger partial charge in [-0.3, -0.25) is 9.80 Å². The number of anilines is 6. The Kier molecular flexibility index (Phi) is 6.78. The fraction of sp³-hybridized carbons (Fsp3) is 0.147. The second-order valence-corrected chi connectivity index (χ2v) is 9.89. The molecule has 0 aliphatic carbocycles. The van der Waals surface area contributed by atoms with Gasteiger partial charge in [-0.15, -0.1) is 0 Å². The van der Waals surface area contributed by atoms with Crippen LogP contribution in [0.25, 0.3) is 0 Å². The topological polar surface area (TPSA) is 19.4 Å². The van der Waals surface area contributed by atoms with Crippen molar-refractivity contribution in [3.05, 3.63) is 137 Å². The van der Waals surface area contributed by atoms with Crippen molar-refractivity contribution in [2.45, 2.75) is 34.6 Å². The van der Waals surface area contributed by atoms with Gasteiger partial charge >= 0.3 is 0 Å². The van der Waals surface area contributed by atoms with Crippen molar-refractivity contribution in [2.24, 2.45) is 0 Å². The first-order valence-electron chi connectivity index (χ1n) is 12.7. The van der Waals surface area contributed by atoms with Crippen LogP contribution in [0.1, 0.15) is 27.8 Å². The van der Waals surface area contributed by atoms with E-state index in [1.54, 1.807) is 0 Å². The van der Waals surface area contributed by atoms with E-state index in [1.807, 2.05) is 0 Å². The van der Waals surface area contributed by atoms with Gasteiger partial charge < -0.3 is 0 Å². The van der Waals surface area contributed by atoms with Crippen molar-refractivity contribution in [1.29, 1.82) is 0 Å². The summed E-state index contributed by atoms with van der Waals surface area (Å²) in [5, 5.41) is 0. The Hall–Kier alpha value is -4.37. The molecule has 1 heterocycles. The minimum absolute atomic E-state index is 0.886. The molecular formula is C34H33N3. The summed E-state index contributed by atoms with van der Waals surface area (Å²) in [6, 6.07) is 38.7. The molecule has 0 amide bonds. The molecule has 1 aromatic heterocycles. The van der Waals surface area contributed by atoms with Crippen LogP contribution in [0.3, 0.4) is 0 Å². The Balaban J connectivity index is 1.73. The molecule has 0 N–H and O–H groups in total. The summed E-state index contributed by atoms with van der Waals surface area (Å²) in [4.78, 5) is 9.81. The SMILES string of the molecule is Cc1cccc(N(c2cccc(C)c2)c2cc(C)cc(N(c3cccc(C)c3)c3cccc(C)c3)n2)c1. The maximum Gasteiger partial charge on any atom is 0.140 e. The molecule has 0 bridgehead atoms. The van der Waals surface area contributed by atoms with Crippen LogP contribution in [-0.2, 0) is 0 Å². The molecule has 0 spiro atoms. The lowest BCUT2D eigenvalue weighted by Gasteiger charge is -2.29. The third kappa shape index (κ3) is 5.41. The van der Waals surface area contributed by atoms with Crippen LogP contribution in [0.15, 0.2) is 109 Å². The number of benzene rings is 4. The third-order valence-corrected chi connectivity index (χ3v) is 6.44. The Morgan fingerprint density at radius 1 is 0.378 bits per heavy atom. The second-order valence-electron chi connectivity index (χ2n) is 9.89. The largest absolute Gasteiger partial charge is 0.295 e. The molecule has 37 heavy (non-hydrogen) atoms. The van der Waals surface area contributed by atoms with Crippen LogP contribution >= 0.6 is 0 Å². The minimum Gasteiger partial charge on any atom is -0.295 e. The fourth-order valence-corrected chi connectivity index (χ4v) is 4.76. The number of hydrogen-bond acceptors (Lipinski definition) is 3. The monoisotopic (exact) mass is 483 g/mol. The van der Waals surface area contributed by atoms with Crippen molar-refractivity contribution in [2.75, 3.05) is 9.80 Å². The van der Waals surface area contributed by atoms with Gasteiger partial charge in [-0.25, -0.2) is 4.98 Å². The molecule has 184 valence electrons. The van der Waals surface area contributed by atoms with Gasteiger partial charge in [0.2, 0.25) is 0 Å². The first-order chi connectivity index (χ1) is 17.9. The van der Waals surface area contributed by atoms with Crippen LogP contribution in [0, 0.1) is 34.6 Å². The summed E-state index contributed by atoms with van der Waals surface area (Å²) in [6.45, 7) is 10.7. The number of aromatic nitrogens is 1.